The highest BCUT2D eigenvalue weighted by atomic mass is 16.2. The summed E-state index contributed by atoms with van der Waals surface area (Å²) in [6.45, 7) is 1.66. The number of nitrogens with two attached hydrogens (primary N) is 1. The van der Waals surface area contributed by atoms with Gasteiger partial charge in [-0.05, 0) is 25.2 Å². The van der Waals surface area contributed by atoms with Crippen LogP contribution in [0.5, 0.6) is 0 Å². The number of aliphatic imine (C=N–C) groups is 1. The summed E-state index contributed by atoms with van der Waals surface area (Å²) in [6.07, 6.45) is 6.99. The number of amidine groups is 1. The molecule has 0 fully saturated rings. The highest BCUT2D eigenvalue weighted by Crippen LogP contribution is 2.19. The number of allylic oxidation sites excluding steroid dienone is 2. The average molecular weight is 291 g/mol. The highest BCUT2D eigenvalue weighted by molar-refractivity contribution is 6.67. The van der Waals surface area contributed by atoms with Crippen LogP contribution < -0.4 is 5.73 Å². The van der Waals surface area contributed by atoms with Crippen molar-refractivity contribution in [3.8, 4) is 0 Å². The normalized spacial score (nSPS) is 25.0. The number of carbonyl (C=O) groups is 3. The number of urea groups is 1. The third-order valence-corrected chi connectivity index (χ3v) is 3.65. The summed E-state index contributed by atoms with van der Waals surface area (Å²) in [7, 11) is 1.36. The van der Waals surface area contributed by atoms with Crippen LogP contribution >= 0.6 is 0 Å². The molecule has 0 saturated heterocycles. The van der Waals surface area contributed by atoms with Gasteiger partial charge >= 0.3 is 11.9 Å². The van der Waals surface area contributed by atoms with Crippen LogP contribution in [-0.2, 0) is 9.59 Å². The SMILES string of the molecule is CC(=O)N=C1C(=O)N(C)C(=O)[N+](CC2CC=CCC2)=C1N. The fraction of sp³-hybridized carbons (Fsp3) is 0.500. The van der Waals surface area contributed by atoms with Gasteiger partial charge in [-0.25, -0.2) is 9.59 Å². The molecule has 2 N–H and O–H groups in total. The standard InChI is InChI=1S/C14H18N4O3/c1-9(19)16-11-12(15)18(14(21)17(2)13(11)20)8-10-6-4-3-5-7-10/h3-4,10,15H,5-8H2,1-2H3/p+1. The molecule has 112 valence electrons. The Labute approximate surface area is 122 Å². The summed E-state index contributed by atoms with van der Waals surface area (Å²) in [5, 5.41) is 0. The molecule has 1 aliphatic heterocycles. The van der Waals surface area contributed by atoms with Crippen molar-refractivity contribution >= 4 is 29.4 Å². The van der Waals surface area contributed by atoms with E-state index in [4.69, 9.17) is 5.73 Å². The molecule has 0 aromatic rings. The number of imide groups is 1. The van der Waals surface area contributed by atoms with E-state index in [0.29, 0.717) is 6.54 Å². The fourth-order valence-electron chi connectivity index (χ4n) is 2.49. The van der Waals surface area contributed by atoms with E-state index in [1.54, 1.807) is 0 Å². The Balaban J connectivity index is 2.37. The Morgan fingerprint density at radius 3 is 2.76 bits per heavy atom. The maximum Gasteiger partial charge on any atom is 0.446 e. The summed E-state index contributed by atoms with van der Waals surface area (Å²) in [5.74, 6) is -0.914. The molecule has 0 saturated carbocycles. The summed E-state index contributed by atoms with van der Waals surface area (Å²) in [4.78, 5) is 40.0. The number of hydrogen-bond acceptors (Lipinski definition) is 4. The molecule has 0 radical (unpaired) electrons. The molecule has 1 aliphatic carbocycles. The van der Waals surface area contributed by atoms with E-state index in [0.717, 1.165) is 24.2 Å². The van der Waals surface area contributed by atoms with Crippen molar-refractivity contribution in [2.45, 2.75) is 26.2 Å². The molecule has 7 heteroatoms. The number of amides is 4. The quantitative estimate of drug-likeness (QED) is 0.584. The molecular weight excluding hydrogens is 272 g/mol. The smallest absolute Gasteiger partial charge is 0.316 e. The van der Waals surface area contributed by atoms with Gasteiger partial charge in [0.25, 0.3) is 5.84 Å². The van der Waals surface area contributed by atoms with Crippen LogP contribution in [-0.4, -0.2) is 52.5 Å². The average Bonchev–Trinajstić information content (AvgIpc) is 2.47. The van der Waals surface area contributed by atoms with Crippen LogP contribution in [0.25, 0.3) is 0 Å². The first-order valence-electron chi connectivity index (χ1n) is 6.88. The van der Waals surface area contributed by atoms with Gasteiger partial charge < -0.3 is 5.73 Å². The molecular formula is C14H19N4O3+. The lowest BCUT2D eigenvalue weighted by Crippen LogP contribution is -2.57. The number of nitrogens with zero attached hydrogens (tertiary/aromatic N) is 3. The second kappa shape index (κ2) is 5.99. The first-order valence-corrected chi connectivity index (χ1v) is 6.88. The van der Waals surface area contributed by atoms with Crippen molar-refractivity contribution in [2.75, 3.05) is 13.6 Å². The zero-order chi connectivity index (χ0) is 15.6. The van der Waals surface area contributed by atoms with Crippen LogP contribution in [0, 0.1) is 5.92 Å². The van der Waals surface area contributed by atoms with Crippen molar-refractivity contribution < 1.29 is 19.0 Å². The molecule has 0 spiro atoms. The van der Waals surface area contributed by atoms with E-state index in [2.05, 4.69) is 17.1 Å². The molecule has 0 aromatic heterocycles. The lowest BCUT2D eigenvalue weighted by molar-refractivity contribution is -0.444. The minimum Gasteiger partial charge on any atom is -0.316 e. The Kier molecular flexibility index (Phi) is 4.30. The third-order valence-electron chi connectivity index (χ3n) is 3.65. The van der Waals surface area contributed by atoms with Crippen LogP contribution in [0.15, 0.2) is 17.1 Å². The van der Waals surface area contributed by atoms with Gasteiger partial charge in [-0.2, -0.15) is 14.5 Å². The van der Waals surface area contributed by atoms with Gasteiger partial charge in [-0.3, -0.25) is 4.79 Å². The molecule has 1 heterocycles. The molecule has 0 aromatic carbocycles. The molecule has 2 rings (SSSR count). The zero-order valence-electron chi connectivity index (χ0n) is 12.2. The molecule has 0 bridgehead atoms. The van der Waals surface area contributed by atoms with Gasteiger partial charge in [0.2, 0.25) is 11.6 Å². The monoisotopic (exact) mass is 291 g/mol. The second-order valence-electron chi connectivity index (χ2n) is 5.27. The third kappa shape index (κ3) is 3.07. The van der Waals surface area contributed by atoms with Gasteiger partial charge in [0.1, 0.15) is 0 Å². The summed E-state index contributed by atoms with van der Waals surface area (Å²) in [6, 6.07) is -0.477. The van der Waals surface area contributed by atoms with E-state index in [9.17, 15) is 14.4 Å². The number of hydrogen-bond donors (Lipinski definition) is 1. The first kappa shape index (κ1) is 15.1. The maximum absolute atomic E-state index is 12.2. The van der Waals surface area contributed by atoms with Crippen LogP contribution in [0.2, 0.25) is 0 Å². The lowest BCUT2D eigenvalue weighted by Gasteiger charge is -2.24. The molecule has 1 atom stereocenters. The predicted molar refractivity (Wildman–Crippen MR) is 77.1 cm³/mol. The van der Waals surface area contributed by atoms with Crippen molar-refractivity contribution in [1.82, 2.24) is 4.90 Å². The highest BCUT2D eigenvalue weighted by Gasteiger charge is 2.41. The van der Waals surface area contributed by atoms with Crippen molar-refractivity contribution in [1.29, 1.82) is 0 Å². The molecule has 1 unspecified atom stereocenters. The fourth-order valence-corrected chi connectivity index (χ4v) is 2.49. The molecule has 2 aliphatic rings. The van der Waals surface area contributed by atoms with Crippen LogP contribution in [0.3, 0.4) is 0 Å². The van der Waals surface area contributed by atoms with E-state index in [1.807, 2.05) is 0 Å². The van der Waals surface area contributed by atoms with Crippen LogP contribution in [0.1, 0.15) is 26.2 Å². The maximum atomic E-state index is 12.2. The Hall–Kier alpha value is -2.31. The second-order valence-corrected chi connectivity index (χ2v) is 5.27. The first-order chi connectivity index (χ1) is 9.91. The summed E-state index contributed by atoms with van der Waals surface area (Å²) < 4.78 is 1.34. The van der Waals surface area contributed by atoms with E-state index >= 15 is 0 Å². The largest absolute Gasteiger partial charge is 0.446 e. The topological polar surface area (TPSA) is 95.8 Å². The van der Waals surface area contributed by atoms with E-state index in [1.165, 1.54) is 18.5 Å². The van der Waals surface area contributed by atoms with Gasteiger partial charge in [0.05, 0.1) is 13.6 Å². The van der Waals surface area contributed by atoms with Crippen molar-refractivity contribution in [3.05, 3.63) is 12.2 Å². The summed E-state index contributed by atoms with van der Waals surface area (Å²) in [5.41, 5.74) is 5.75. The van der Waals surface area contributed by atoms with Gasteiger partial charge in [-0.15, -0.1) is 0 Å². The number of rotatable bonds is 2. The molecule has 4 amide bonds. The van der Waals surface area contributed by atoms with Crippen molar-refractivity contribution in [3.63, 3.8) is 0 Å². The Morgan fingerprint density at radius 1 is 1.48 bits per heavy atom. The lowest BCUT2D eigenvalue weighted by atomic mass is 9.94. The van der Waals surface area contributed by atoms with Gasteiger partial charge in [-0.1, -0.05) is 12.2 Å². The Bertz CT molecular complexity index is 589. The van der Waals surface area contributed by atoms with Crippen LogP contribution in [0.4, 0.5) is 4.79 Å². The summed E-state index contributed by atoms with van der Waals surface area (Å²) >= 11 is 0. The van der Waals surface area contributed by atoms with Crippen molar-refractivity contribution in [2.24, 2.45) is 16.6 Å². The number of carbonyl (C=O) groups excluding carboxylic acids is 3. The van der Waals surface area contributed by atoms with Gasteiger partial charge in [0.15, 0.2) is 0 Å². The molecule has 21 heavy (non-hydrogen) atoms. The van der Waals surface area contributed by atoms with E-state index in [-0.39, 0.29) is 17.5 Å². The van der Waals surface area contributed by atoms with Gasteiger partial charge in [0, 0.05) is 6.92 Å². The predicted octanol–water partition coefficient (Wildman–Crippen LogP) is 0.292. The minimum atomic E-state index is -0.646. The molecule has 7 nitrogen and oxygen atoms in total. The van der Waals surface area contributed by atoms with E-state index < -0.39 is 17.8 Å². The minimum absolute atomic E-state index is 0.0344. The zero-order valence-corrected chi connectivity index (χ0v) is 12.2. The Morgan fingerprint density at radius 2 is 2.19 bits per heavy atom.